The van der Waals surface area contributed by atoms with Crippen LogP contribution in [-0.4, -0.2) is 5.75 Å². The van der Waals surface area contributed by atoms with Gasteiger partial charge in [-0.25, -0.2) is 0 Å². The summed E-state index contributed by atoms with van der Waals surface area (Å²) in [6.07, 6.45) is 0. The second-order valence-corrected chi connectivity index (χ2v) is 2.13. The summed E-state index contributed by atoms with van der Waals surface area (Å²) >= 11 is 1.88. The van der Waals surface area contributed by atoms with E-state index >= 15 is 0 Å². The molecule has 0 saturated carbocycles. The summed E-state index contributed by atoms with van der Waals surface area (Å²) in [7, 11) is 0. The molecule has 0 aromatic heterocycles. The van der Waals surface area contributed by atoms with E-state index < -0.39 is 0 Å². The Morgan fingerprint density at radius 1 is 2.00 bits per heavy atom. The molecule has 0 nitrogen and oxygen atoms in total. The van der Waals surface area contributed by atoms with Crippen LogP contribution in [0.1, 0.15) is 6.92 Å². The lowest BCUT2D eigenvalue weighted by molar-refractivity contribution is 1.40. The normalized spacial score (nSPS) is 20.6. The van der Waals surface area contributed by atoms with Gasteiger partial charge >= 0.3 is 0 Å². The first-order valence-electron chi connectivity index (χ1n) is 1.67. The molecule has 1 aliphatic heterocycles. The van der Waals surface area contributed by atoms with Crippen molar-refractivity contribution in [3.8, 4) is 0 Å². The zero-order valence-corrected chi connectivity index (χ0v) is 4.01. The van der Waals surface area contributed by atoms with Gasteiger partial charge in [0.25, 0.3) is 0 Å². The highest BCUT2D eigenvalue weighted by Crippen LogP contribution is 2.20. The maximum atomic E-state index is 2.18. The second kappa shape index (κ2) is 1.05. The van der Waals surface area contributed by atoms with Gasteiger partial charge in [-0.3, -0.25) is 0 Å². The summed E-state index contributed by atoms with van der Waals surface area (Å²) in [6, 6.07) is 0. The van der Waals surface area contributed by atoms with E-state index in [0.717, 1.165) is 0 Å². The maximum Gasteiger partial charge on any atom is 0.0190 e. The van der Waals surface area contributed by atoms with Gasteiger partial charge < -0.3 is 0 Å². The number of hydrogen-bond acceptors (Lipinski definition) is 1. The predicted octanol–water partition coefficient (Wildman–Crippen LogP) is 1.64. The zero-order chi connectivity index (χ0) is 3.70. The van der Waals surface area contributed by atoms with Crippen molar-refractivity contribution in [1.29, 1.82) is 0 Å². The number of thioether (sulfide) groups is 1. The Morgan fingerprint density at radius 3 is 2.40 bits per heavy atom. The maximum absolute atomic E-state index is 2.18. The molecule has 0 atom stereocenters. The summed E-state index contributed by atoms with van der Waals surface area (Å²) < 4.78 is 0. The molecule has 1 heterocycles. The fraction of sp³-hybridized carbons (Fsp3) is 0.500. The number of rotatable bonds is 0. The van der Waals surface area contributed by atoms with Crippen molar-refractivity contribution < 1.29 is 0 Å². The van der Waals surface area contributed by atoms with Gasteiger partial charge in [0, 0.05) is 5.75 Å². The van der Waals surface area contributed by atoms with Crippen LogP contribution in [0.4, 0.5) is 0 Å². The Morgan fingerprint density at radius 2 is 2.40 bits per heavy atom. The van der Waals surface area contributed by atoms with E-state index in [1.165, 1.54) is 11.3 Å². The minimum absolute atomic E-state index is 1.26. The van der Waals surface area contributed by atoms with E-state index in [1.807, 2.05) is 11.8 Å². The summed E-state index contributed by atoms with van der Waals surface area (Å²) in [4.78, 5) is 0. The first kappa shape index (κ1) is 3.29. The molecule has 0 bridgehead atoms. The van der Waals surface area contributed by atoms with Crippen LogP contribution in [0.15, 0.2) is 11.0 Å². The van der Waals surface area contributed by atoms with Gasteiger partial charge in [0.05, 0.1) is 0 Å². The predicted molar refractivity (Wildman–Crippen MR) is 26.2 cm³/mol. The molecule has 1 heteroatoms. The van der Waals surface area contributed by atoms with Crippen LogP contribution in [0.3, 0.4) is 0 Å². The molecule has 0 radical (unpaired) electrons. The first-order chi connectivity index (χ1) is 2.39. The van der Waals surface area contributed by atoms with E-state index in [1.54, 1.807) is 0 Å². The highest BCUT2D eigenvalue weighted by atomic mass is 32.2. The van der Waals surface area contributed by atoms with Crippen molar-refractivity contribution in [3.63, 3.8) is 0 Å². The van der Waals surface area contributed by atoms with Crippen LogP contribution in [-0.2, 0) is 0 Å². The standard InChI is InChI=1S/C4H6S/c1-4-2-5-3-4/h2H,3H2,1H3. The summed E-state index contributed by atoms with van der Waals surface area (Å²) in [5.74, 6) is 1.26. The molecule has 0 fully saturated rings. The van der Waals surface area contributed by atoms with Crippen LogP contribution < -0.4 is 0 Å². The molecule has 0 amide bonds. The monoisotopic (exact) mass is 86.0 g/mol. The molecule has 28 valence electrons. The topological polar surface area (TPSA) is 0 Å². The molecular formula is C4H6S. The Balaban J connectivity index is 2.51. The smallest absolute Gasteiger partial charge is 0.0190 e. The third-order valence-electron chi connectivity index (χ3n) is 0.596. The molecule has 0 spiro atoms. The third kappa shape index (κ3) is 0.482. The van der Waals surface area contributed by atoms with Crippen molar-refractivity contribution in [2.75, 3.05) is 5.75 Å². The molecule has 0 aromatic rings. The lowest BCUT2D eigenvalue weighted by Gasteiger charge is -2.04. The molecule has 0 N–H and O–H groups in total. The molecule has 0 unspecified atom stereocenters. The molecular weight excluding hydrogens is 80.1 g/mol. The molecule has 0 aromatic carbocycles. The van der Waals surface area contributed by atoms with Crippen molar-refractivity contribution >= 4 is 11.8 Å². The van der Waals surface area contributed by atoms with Gasteiger partial charge in [-0.1, -0.05) is 5.57 Å². The van der Waals surface area contributed by atoms with Crippen LogP contribution in [0.25, 0.3) is 0 Å². The van der Waals surface area contributed by atoms with Crippen molar-refractivity contribution in [2.45, 2.75) is 6.92 Å². The number of hydrogen-bond donors (Lipinski definition) is 0. The fourth-order valence-corrected chi connectivity index (χ4v) is 0.750. The van der Waals surface area contributed by atoms with Gasteiger partial charge in [0.2, 0.25) is 0 Å². The minimum atomic E-state index is 1.26. The Kier molecular flexibility index (Phi) is 0.692. The van der Waals surface area contributed by atoms with Gasteiger partial charge in [-0.05, 0) is 12.3 Å². The van der Waals surface area contributed by atoms with Crippen molar-refractivity contribution in [3.05, 3.63) is 11.0 Å². The largest absolute Gasteiger partial charge is 0.130 e. The highest BCUT2D eigenvalue weighted by molar-refractivity contribution is 8.03. The average Bonchev–Trinajstić information content (AvgIpc) is 1.30. The summed E-state index contributed by atoms with van der Waals surface area (Å²) in [5, 5.41) is 2.18. The van der Waals surface area contributed by atoms with E-state index in [-0.39, 0.29) is 0 Å². The Labute approximate surface area is 36.3 Å². The molecule has 0 saturated heterocycles. The van der Waals surface area contributed by atoms with Crippen LogP contribution in [0.5, 0.6) is 0 Å². The molecule has 0 aliphatic carbocycles. The first-order valence-corrected chi connectivity index (χ1v) is 2.72. The van der Waals surface area contributed by atoms with Gasteiger partial charge in [-0.2, -0.15) is 0 Å². The van der Waals surface area contributed by atoms with Gasteiger partial charge in [-0.15, -0.1) is 11.8 Å². The summed E-state index contributed by atoms with van der Waals surface area (Å²) in [6.45, 7) is 2.15. The zero-order valence-electron chi connectivity index (χ0n) is 3.19. The van der Waals surface area contributed by atoms with E-state index in [4.69, 9.17) is 0 Å². The molecule has 1 aliphatic rings. The van der Waals surface area contributed by atoms with Crippen molar-refractivity contribution in [1.82, 2.24) is 0 Å². The van der Waals surface area contributed by atoms with Gasteiger partial charge in [0.1, 0.15) is 0 Å². The third-order valence-corrected chi connectivity index (χ3v) is 1.79. The summed E-state index contributed by atoms with van der Waals surface area (Å²) in [5.41, 5.74) is 1.52. The fourth-order valence-electron chi connectivity index (χ4n) is 0.250. The minimum Gasteiger partial charge on any atom is -0.130 e. The quantitative estimate of drug-likeness (QED) is 0.432. The SMILES string of the molecule is CC1=CSC1. The lowest BCUT2D eigenvalue weighted by atomic mass is 10.4. The van der Waals surface area contributed by atoms with E-state index in [9.17, 15) is 0 Å². The van der Waals surface area contributed by atoms with Gasteiger partial charge in [0.15, 0.2) is 0 Å². The molecule has 5 heavy (non-hydrogen) atoms. The van der Waals surface area contributed by atoms with Crippen LogP contribution >= 0.6 is 11.8 Å². The highest BCUT2D eigenvalue weighted by Gasteiger charge is 1.95. The molecule has 1 rings (SSSR count). The second-order valence-electron chi connectivity index (χ2n) is 1.28. The van der Waals surface area contributed by atoms with E-state index in [2.05, 4.69) is 12.3 Å². The van der Waals surface area contributed by atoms with Crippen molar-refractivity contribution in [2.24, 2.45) is 0 Å². The van der Waals surface area contributed by atoms with Crippen LogP contribution in [0, 0.1) is 0 Å². The van der Waals surface area contributed by atoms with Crippen LogP contribution in [0.2, 0.25) is 0 Å². The Hall–Kier alpha value is 0.0900. The lowest BCUT2D eigenvalue weighted by Crippen LogP contribution is -1.85. The van der Waals surface area contributed by atoms with E-state index in [0.29, 0.717) is 0 Å². The Bertz CT molecular complexity index is 64.0. The average molecular weight is 86.2 g/mol.